The topological polar surface area (TPSA) is 41.1 Å². The number of carbonyl (C=O) groups is 1. The summed E-state index contributed by atoms with van der Waals surface area (Å²) in [6.45, 7) is 2.87. The maximum absolute atomic E-state index is 12.4. The van der Waals surface area contributed by atoms with Crippen molar-refractivity contribution in [2.75, 3.05) is 11.9 Å². The van der Waals surface area contributed by atoms with Gasteiger partial charge in [-0.1, -0.05) is 42.0 Å². The number of anilines is 1. The zero-order valence-corrected chi connectivity index (χ0v) is 11.5. The summed E-state index contributed by atoms with van der Waals surface area (Å²) in [6.07, 6.45) is 0.977. The number of nitrogens with one attached hydrogen (secondary N) is 2. The lowest BCUT2D eigenvalue weighted by atomic mass is 9.94. The van der Waals surface area contributed by atoms with Crippen LogP contribution in [0.2, 0.25) is 0 Å². The van der Waals surface area contributed by atoms with E-state index >= 15 is 0 Å². The molecule has 0 bridgehead atoms. The molecule has 0 radical (unpaired) electrons. The summed E-state index contributed by atoms with van der Waals surface area (Å²) < 4.78 is 0. The van der Waals surface area contributed by atoms with Crippen LogP contribution < -0.4 is 10.6 Å². The highest BCUT2D eigenvalue weighted by molar-refractivity contribution is 5.95. The third-order valence-corrected chi connectivity index (χ3v) is 3.69. The number of fused-ring (bicyclic) bond motifs is 1. The van der Waals surface area contributed by atoms with Gasteiger partial charge in [0.2, 0.25) is 5.91 Å². The van der Waals surface area contributed by atoms with E-state index in [2.05, 4.69) is 16.7 Å². The first kappa shape index (κ1) is 12.9. The molecule has 1 aliphatic heterocycles. The van der Waals surface area contributed by atoms with E-state index in [4.69, 9.17) is 0 Å². The SMILES string of the molecule is Cc1ccc(NC(=O)[C@H]2NCCc3ccccc32)cc1. The molecular weight excluding hydrogens is 248 g/mol. The van der Waals surface area contributed by atoms with E-state index in [0.717, 1.165) is 24.2 Å². The van der Waals surface area contributed by atoms with Crippen LogP contribution in [0.25, 0.3) is 0 Å². The standard InChI is InChI=1S/C17H18N2O/c1-12-6-8-14(9-7-12)19-17(20)16-15-5-3-2-4-13(15)10-11-18-16/h2-9,16,18H,10-11H2,1H3,(H,19,20)/t16-/m0/s1. The van der Waals surface area contributed by atoms with Gasteiger partial charge in [0.25, 0.3) is 0 Å². The van der Waals surface area contributed by atoms with Crippen molar-refractivity contribution in [2.24, 2.45) is 0 Å². The zero-order chi connectivity index (χ0) is 13.9. The van der Waals surface area contributed by atoms with E-state index in [1.165, 1.54) is 11.1 Å². The molecule has 0 unspecified atom stereocenters. The summed E-state index contributed by atoms with van der Waals surface area (Å²) in [6, 6.07) is 15.7. The Bertz CT molecular complexity index is 619. The largest absolute Gasteiger partial charge is 0.324 e. The molecule has 2 aromatic carbocycles. The molecule has 3 nitrogen and oxygen atoms in total. The number of aryl methyl sites for hydroxylation is 1. The molecule has 1 aliphatic rings. The van der Waals surface area contributed by atoms with Gasteiger partial charge in [-0.3, -0.25) is 4.79 Å². The molecule has 0 aromatic heterocycles. The molecule has 102 valence electrons. The minimum atomic E-state index is -0.263. The maximum Gasteiger partial charge on any atom is 0.246 e. The highest BCUT2D eigenvalue weighted by Crippen LogP contribution is 2.24. The lowest BCUT2D eigenvalue weighted by Crippen LogP contribution is -2.38. The van der Waals surface area contributed by atoms with Gasteiger partial charge >= 0.3 is 0 Å². The Labute approximate surface area is 119 Å². The average molecular weight is 266 g/mol. The third kappa shape index (κ3) is 2.58. The van der Waals surface area contributed by atoms with Crippen LogP contribution in [-0.4, -0.2) is 12.5 Å². The molecular formula is C17H18N2O. The van der Waals surface area contributed by atoms with Crippen molar-refractivity contribution in [3.8, 4) is 0 Å². The molecule has 0 fully saturated rings. The van der Waals surface area contributed by atoms with Gasteiger partial charge in [0.15, 0.2) is 0 Å². The van der Waals surface area contributed by atoms with Gasteiger partial charge in [-0.25, -0.2) is 0 Å². The van der Waals surface area contributed by atoms with E-state index in [-0.39, 0.29) is 11.9 Å². The Morgan fingerprint density at radius 3 is 2.70 bits per heavy atom. The van der Waals surface area contributed by atoms with Crippen molar-refractivity contribution in [1.82, 2.24) is 5.32 Å². The van der Waals surface area contributed by atoms with Gasteiger partial charge in [0.05, 0.1) is 0 Å². The number of carbonyl (C=O) groups excluding carboxylic acids is 1. The maximum atomic E-state index is 12.4. The minimum Gasteiger partial charge on any atom is -0.324 e. The van der Waals surface area contributed by atoms with Gasteiger partial charge in [0.1, 0.15) is 6.04 Å². The van der Waals surface area contributed by atoms with Crippen LogP contribution >= 0.6 is 0 Å². The monoisotopic (exact) mass is 266 g/mol. The molecule has 1 heterocycles. The predicted molar refractivity (Wildman–Crippen MR) is 80.7 cm³/mol. The molecule has 3 rings (SSSR count). The lowest BCUT2D eigenvalue weighted by Gasteiger charge is -2.26. The quantitative estimate of drug-likeness (QED) is 0.877. The average Bonchev–Trinajstić information content (AvgIpc) is 2.49. The van der Waals surface area contributed by atoms with Crippen LogP contribution in [0.3, 0.4) is 0 Å². The van der Waals surface area contributed by atoms with Crippen LogP contribution in [0.15, 0.2) is 48.5 Å². The van der Waals surface area contributed by atoms with Gasteiger partial charge < -0.3 is 10.6 Å². The van der Waals surface area contributed by atoms with E-state index in [1.54, 1.807) is 0 Å². The van der Waals surface area contributed by atoms with Crippen molar-refractivity contribution >= 4 is 11.6 Å². The van der Waals surface area contributed by atoms with Crippen molar-refractivity contribution in [3.05, 3.63) is 65.2 Å². The van der Waals surface area contributed by atoms with Crippen molar-refractivity contribution < 1.29 is 4.79 Å². The Kier molecular flexibility index (Phi) is 3.52. The van der Waals surface area contributed by atoms with Crippen molar-refractivity contribution in [3.63, 3.8) is 0 Å². The minimum absolute atomic E-state index is 0.000929. The molecule has 0 saturated carbocycles. The first-order valence-electron chi connectivity index (χ1n) is 6.93. The zero-order valence-electron chi connectivity index (χ0n) is 11.5. The first-order chi connectivity index (χ1) is 9.74. The van der Waals surface area contributed by atoms with Gasteiger partial charge in [0, 0.05) is 12.2 Å². The van der Waals surface area contributed by atoms with Crippen LogP contribution in [0.1, 0.15) is 22.7 Å². The lowest BCUT2D eigenvalue weighted by molar-refractivity contribution is -0.118. The molecule has 3 heteroatoms. The van der Waals surface area contributed by atoms with E-state index in [9.17, 15) is 4.79 Å². The molecule has 2 N–H and O–H groups in total. The van der Waals surface area contributed by atoms with Crippen molar-refractivity contribution in [2.45, 2.75) is 19.4 Å². The van der Waals surface area contributed by atoms with Gasteiger partial charge in [-0.05, 0) is 36.6 Å². The van der Waals surface area contributed by atoms with Crippen LogP contribution in [0, 0.1) is 6.92 Å². The van der Waals surface area contributed by atoms with E-state index in [0.29, 0.717) is 0 Å². The summed E-state index contributed by atoms with van der Waals surface area (Å²) in [5.74, 6) is 0.000929. The summed E-state index contributed by atoms with van der Waals surface area (Å²) in [4.78, 5) is 12.4. The number of hydrogen-bond donors (Lipinski definition) is 2. The Morgan fingerprint density at radius 2 is 1.90 bits per heavy atom. The first-order valence-corrected chi connectivity index (χ1v) is 6.93. The summed E-state index contributed by atoms with van der Waals surface area (Å²) in [5, 5.41) is 6.27. The number of benzene rings is 2. The smallest absolute Gasteiger partial charge is 0.246 e. The Balaban J connectivity index is 1.80. The highest BCUT2D eigenvalue weighted by atomic mass is 16.2. The van der Waals surface area contributed by atoms with Gasteiger partial charge in [-0.15, -0.1) is 0 Å². The fourth-order valence-corrected chi connectivity index (χ4v) is 2.59. The predicted octanol–water partition coefficient (Wildman–Crippen LogP) is 2.82. The molecule has 0 saturated heterocycles. The van der Waals surface area contributed by atoms with Crippen LogP contribution in [0.4, 0.5) is 5.69 Å². The second kappa shape index (κ2) is 5.47. The molecule has 1 atom stereocenters. The molecule has 0 aliphatic carbocycles. The summed E-state index contributed by atoms with van der Waals surface area (Å²) in [5.41, 5.74) is 4.37. The number of rotatable bonds is 2. The number of amides is 1. The molecule has 2 aromatic rings. The second-order valence-electron chi connectivity index (χ2n) is 5.19. The normalized spacial score (nSPS) is 17.4. The van der Waals surface area contributed by atoms with Crippen molar-refractivity contribution in [1.29, 1.82) is 0 Å². The Morgan fingerprint density at radius 1 is 1.15 bits per heavy atom. The highest BCUT2D eigenvalue weighted by Gasteiger charge is 2.25. The Hall–Kier alpha value is -2.13. The van der Waals surface area contributed by atoms with Gasteiger partial charge in [-0.2, -0.15) is 0 Å². The third-order valence-electron chi connectivity index (χ3n) is 3.69. The summed E-state index contributed by atoms with van der Waals surface area (Å²) >= 11 is 0. The summed E-state index contributed by atoms with van der Waals surface area (Å²) in [7, 11) is 0. The number of hydrogen-bond acceptors (Lipinski definition) is 2. The fourth-order valence-electron chi connectivity index (χ4n) is 2.59. The van der Waals surface area contributed by atoms with E-state index < -0.39 is 0 Å². The van der Waals surface area contributed by atoms with Crippen LogP contribution in [0.5, 0.6) is 0 Å². The fraction of sp³-hybridized carbons (Fsp3) is 0.235. The second-order valence-corrected chi connectivity index (χ2v) is 5.19. The molecule has 20 heavy (non-hydrogen) atoms. The molecule has 0 spiro atoms. The molecule has 1 amide bonds. The van der Waals surface area contributed by atoms with E-state index in [1.807, 2.05) is 49.4 Å². The van der Waals surface area contributed by atoms with Crippen LogP contribution in [-0.2, 0) is 11.2 Å².